The second-order valence-corrected chi connectivity index (χ2v) is 23.8. The summed E-state index contributed by atoms with van der Waals surface area (Å²) in [5, 5.41) is 0. The molecule has 11 rings (SSSR count). The van der Waals surface area contributed by atoms with E-state index in [2.05, 4.69) is 263 Å². The zero-order chi connectivity index (χ0) is 49.1. The van der Waals surface area contributed by atoms with Crippen molar-refractivity contribution >= 4 is 68.3 Å². The van der Waals surface area contributed by atoms with E-state index in [1.807, 2.05) is 0 Å². The van der Waals surface area contributed by atoms with Gasteiger partial charge in [-0.3, -0.25) is 0 Å². The van der Waals surface area contributed by atoms with Crippen LogP contribution in [0.15, 0.2) is 174 Å². The highest BCUT2D eigenvalue weighted by Gasteiger charge is 2.46. The van der Waals surface area contributed by atoms with Gasteiger partial charge in [0.05, 0.1) is 5.69 Å². The van der Waals surface area contributed by atoms with Gasteiger partial charge >= 0.3 is 0 Å². The monoisotopic (exact) mass is 914 g/mol. The Labute approximate surface area is 416 Å². The van der Waals surface area contributed by atoms with Gasteiger partial charge < -0.3 is 14.2 Å². The van der Waals surface area contributed by atoms with Crippen molar-refractivity contribution in [3.8, 4) is 33.7 Å². The van der Waals surface area contributed by atoms with Crippen molar-refractivity contribution in [3.63, 3.8) is 0 Å². The van der Waals surface area contributed by atoms with Gasteiger partial charge in [0.15, 0.2) is 5.58 Å². The molecule has 2 aliphatic heterocycles. The van der Waals surface area contributed by atoms with Gasteiger partial charge in [-0.25, -0.2) is 4.98 Å². The van der Waals surface area contributed by atoms with E-state index in [-0.39, 0.29) is 28.4 Å². The fraction of sp³-hybridized carbons (Fsp3) is 0.246. The summed E-state index contributed by atoms with van der Waals surface area (Å²) in [6.45, 7) is 27.5. The van der Waals surface area contributed by atoms with Crippen molar-refractivity contribution < 1.29 is 4.42 Å². The lowest BCUT2D eigenvalue weighted by Gasteiger charge is -2.46. The normalized spacial score (nSPS) is 13.6. The zero-order valence-corrected chi connectivity index (χ0v) is 43.0. The summed E-state index contributed by atoms with van der Waals surface area (Å²) in [5.74, 6) is 0.621. The minimum absolute atomic E-state index is 0.0192. The first-order valence-corrected chi connectivity index (χ1v) is 25.1. The number of nitrogens with zero attached hydrogens (tertiary/aromatic N) is 3. The third-order valence-corrected chi connectivity index (χ3v) is 14.7. The van der Waals surface area contributed by atoms with Crippen LogP contribution in [0.2, 0.25) is 0 Å². The van der Waals surface area contributed by atoms with Crippen molar-refractivity contribution in [2.24, 2.45) is 0 Å². The highest BCUT2D eigenvalue weighted by Crippen LogP contribution is 2.52. The molecule has 0 N–H and O–H groups in total. The summed E-state index contributed by atoms with van der Waals surface area (Å²) in [5.41, 5.74) is 22.8. The molecule has 3 heterocycles. The van der Waals surface area contributed by atoms with Crippen LogP contribution in [0.1, 0.15) is 105 Å². The highest BCUT2D eigenvalue weighted by molar-refractivity contribution is 7.00. The second kappa shape index (κ2) is 16.2. The minimum Gasteiger partial charge on any atom is -0.436 e. The van der Waals surface area contributed by atoms with Crippen LogP contribution in [0.25, 0.3) is 44.8 Å². The van der Waals surface area contributed by atoms with Crippen LogP contribution in [0.5, 0.6) is 0 Å². The minimum atomic E-state index is -0.182. The molecule has 5 heteroatoms. The van der Waals surface area contributed by atoms with Crippen LogP contribution in [0.4, 0.5) is 34.1 Å². The van der Waals surface area contributed by atoms with E-state index in [9.17, 15) is 0 Å². The fourth-order valence-electron chi connectivity index (χ4n) is 10.7. The van der Waals surface area contributed by atoms with E-state index in [0.29, 0.717) is 5.89 Å². The molecular formula is C65H64BN3O. The average Bonchev–Trinajstić information content (AvgIpc) is 3.75. The highest BCUT2D eigenvalue weighted by atomic mass is 16.3. The Kier molecular flexibility index (Phi) is 10.5. The smallest absolute Gasteiger partial charge is 0.252 e. The molecule has 0 saturated carbocycles. The molecule has 0 fully saturated rings. The molecule has 0 spiro atoms. The molecule has 0 saturated heterocycles. The van der Waals surface area contributed by atoms with Crippen molar-refractivity contribution in [3.05, 3.63) is 192 Å². The molecule has 2 aliphatic rings. The number of rotatable bonds is 5. The number of oxazole rings is 1. The molecular weight excluding hydrogens is 850 g/mol. The predicted octanol–water partition coefficient (Wildman–Crippen LogP) is 16.1. The zero-order valence-electron chi connectivity index (χ0n) is 43.0. The topological polar surface area (TPSA) is 32.5 Å². The predicted molar refractivity (Wildman–Crippen MR) is 299 cm³/mol. The van der Waals surface area contributed by atoms with Gasteiger partial charge in [-0.2, -0.15) is 0 Å². The number of hydrogen-bond donors (Lipinski definition) is 0. The summed E-state index contributed by atoms with van der Waals surface area (Å²) in [4.78, 5) is 10.5. The molecule has 9 aromatic rings. The summed E-state index contributed by atoms with van der Waals surface area (Å²) in [6, 6.07) is 63.5. The summed E-state index contributed by atoms with van der Waals surface area (Å²) >= 11 is 0. The largest absolute Gasteiger partial charge is 0.436 e. The SMILES string of the molecule is CC(C)(C)c1ccc(-c2nc3cc4c(cc3o2)N(c2c(-c3ccccc3)cccc2-c2ccccc2)c2cc(C(C)(C)C)cc3c2B4c2cc(C(C)(C)C)ccc2N3c2ccc(C(C)(C)C)cc2)cc1. The van der Waals surface area contributed by atoms with E-state index in [4.69, 9.17) is 9.40 Å². The van der Waals surface area contributed by atoms with Crippen LogP contribution >= 0.6 is 0 Å². The Morgan fingerprint density at radius 3 is 1.44 bits per heavy atom. The number of benzene rings is 8. The Morgan fingerprint density at radius 1 is 0.400 bits per heavy atom. The average molecular weight is 914 g/mol. The van der Waals surface area contributed by atoms with Crippen LogP contribution in [-0.2, 0) is 21.7 Å². The van der Waals surface area contributed by atoms with E-state index in [0.717, 1.165) is 56.0 Å². The molecule has 0 amide bonds. The lowest BCUT2D eigenvalue weighted by Crippen LogP contribution is -2.61. The fourth-order valence-corrected chi connectivity index (χ4v) is 10.7. The summed E-state index contributed by atoms with van der Waals surface area (Å²) in [7, 11) is 0. The Hall–Kier alpha value is -7.11. The number of hydrogen-bond acceptors (Lipinski definition) is 4. The Morgan fingerprint density at radius 2 is 0.900 bits per heavy atom. The van der Waals surface area contributed by atoms with E-state index in [1.165, 1.54) is 55.7 Å². The summed E-state index contributed by atoms with van der Waals surface area (Å²) in [6.07, 6.45) is 0. The molecule has 70 heavy (non-hydrogen) atoms. The van der Waals surface area contributed by atoms with Gasteiger partial charge in [0.1, 0.15) is 5.52 Å². The first-order chi connectivity index (χ1) is 33.2. The van der Waals surface area contributed by atoms with Crippen molar-refractivity contribution in [1.29, 1.82) is 0 Å². The molecule has 0 unspecified atom stereocenters. The second-order valence-electron chi connectivity index (χ2n) is 23.8. The van der Waals surface area contributed by atoms with Gasteiger partial charge in [-0.1, -0.05) is 198 Å². The molecule has 0 aliphatic carbocycles. The van der Waals surface area contributed by atoms with Crippen LogP contribution in [-0.4, -0.2) is 11.7 Å². The molecule has 0 bridgehead atoms. The lowest BCUT2D eigenvalue weighted by molar-refractivity contribution is 0.589. The van der Waals surface area contributed by atoms with Crippen molar-refractivity contribution in [2.75, 3.05) is 9.80 Å². The maximum Gasteiger partial charge on any atom is 0.252 e. The van der Waals surface area contributed by atoms with E-state index < -0.39 is 0 Å². The van der Waals surface area contributed by atoms with Crippen molar-refractivity contribution in [1.82, 2.24) is 4.98 Å². The van der Waals surface area contributed by atoms with Gasteiger partial charge in [-0.15, -0.1) is 0 Å². The standard InChI is InChI=1S/C65H64BN3O/c1-62(2,3)44-28-26-43(27-29-44)61-67-53-39-52-55(40-58(53)70-61)69(60-49(41-20-15-13-16-21-41)24-19-25-50(60)42-22-17-14-18-23-42)57-38-47(65(10,11)12)37-56-59(57)66(52)51-36-46(64(7,8)9)32-35-54(51)68(56)48-33-30-45(31-34-48)63(4,5)6/h13-40H,1-12H3. The maximum absolute atomic E-state index is 6.93. The van der Waals surface area contributed by atoms with Crippen LogP contribution < -0.4 is 26.2 Å². The van der Waals surface area contributed by atoms with Gasteiger partial charge in [0.25, 0.3) is 6.71 Å². The molecule has 1 aromatic heterocycles. The number of para-hydroxylation sites is 1. The van der Waals surface area contributed by atoms with Crippen LogP contribution in [0, 0.1) is 0 Å². The quantitative estimate of drug-likeness (QED) is 0.161. The molecule has 0 atom stereocenters. The first-order valence-electron chi connectivity index (χ1n) is 25.1. The Bertz CT molecular complexity index is 3390. The number of fused-ring (bicyclic) bond motifs is 5. The maximum atomic E-state index is 6.93. The Balaban J connectivity index is 1.28. The van der Waals surface area contributed by atoms with Gasteiger partial charge in [-0.05, 0) is 120 Å². The summed E-state index contributed by atoms with van der Waals surface area (Å²) < 4.78 is 6.93. The van der Waals surface area contributed by atoms with Crippen LogP contribution in [0.3, 0.4) is 0 Å². The lowest BCUT2D eigenvalue weighted by atomic mass is 9.33. The first kappa shape index (κ1) is 45.3. The van der Waals surface area contributed by atoms with E-state index >= 15 is 0 Å². The number of anilines is 6. The molecule has 348 valence electrons. The van der Waals surface area contributed by atoms with Crippen molar-refractivity contribution in [2.45, 2.75) is 105 Å². The molecule has 8 aromatic carbocycles. The van der Waals surface area contributed by atoms with E-state index in [1.54, 1.807) is 0 Å². The third kappa shape index (κ3) is 7.75. The van der Waals surface area contributed by atoms with Gasteiger partial charge in [0.2, 0.25) is 5.89 Å². The van der Waals surface area contributed by atoms with Gasteiger partial charge in [0, 0.05) is 51.2 Å². The third-order valence-electron chi connectivity index (χ3n) is 14.7. The molecule has 0 radical (unpaired) electrons. The number of aromatic nitrogens is 1. The molecule has 4 nitrogen and oxygen atoms in total.